The lowest BCUT2D eigenvalue weighted by atomic mass is 10.1. The first-order chi connectivity index (χ1) is 17.4. The summed E-state index contributed by atoms with van der Waals surface area (Å²) in [4.78, 5) is 19.3. The predicted octanol–water partition coefficient (Wildman–Crippen LogP) is 4.08. The quantitative estimate of drug-likeness (QED) is 0.368. The molecule has 0 saturated carbocycles. The van der Waals surface area contributed by atoms with Gasteiger partial charge < -0.3 is 14.0 Å². The van der Waals surface area contributed by atoms with E-state index in [9.17, 15) is 13.2 Å². The van der Waals surface area contributed by atoms with Gasteiger partial charge in [-0.1, -0.05) is 53.7 Å². The van der Waals surface area contributed by atoms with E-state index in [1.165, 1.54) is 25.2 Å². The lowest BCUT2D eigenvalue weighted by Crippen LogP contribution is -2.50. The number of hydrogen-bond acceptors (Lipinski definition) is 8. The number of rotatable bonds is 7. The van der Waals surface area contributed by atoms with E-state index in [1.807, 2.05) is 6.07 Å². The van der Waals surface area contributed by atoms with Crippen molar-refractivity contribution >= 4 is 21.7 Å². The zero-order valence-electron chi connectivity index (χ0n) is 19.5. The monoisotopic (exact) mass is 506 g/mol. The van der Waals surface area contributed by atoms with Crippen LogP contribution >= 0.6 is 0 Å². The highest BCUT2D eigenvalue weighted by atomic mass is 32.2. The summed E-state index contributed by atoms with van der Waals surface area (Å²) in [5, 5.41) is 4.04. The molecule has 0 fully saturated rings. The molecule has 11 heteroatoms. The van der Waals surface area contributed by atoms with Crippen molar-refractivity contribution in [2.75, 3.05) is 19.1 Å². The Morgan fingerprint density at radius 2 is 1.64 bits per heavy atom. The molecule has 0 atom stereocenters. The summed E-state index contributed by atoms with van der Waals surface area (Å²) < 4.78 is 43.8. The maximum absolute atomic E-state index is 13.5. The second kappa shape index (κ2) is 9.34. The third-order valence-corrected chi connectivity index (χ3v) is 7.51. The lowest BCUT2D eigenvalue weighted by molar-refractivity contribution is 0.225. The van der Waals surface area contributed by atoms with Crippen LogP contribution in [-0.2, 0) is 23.1 Å². The zero-order chi connectivity index (χ0) is 25.3. The standard InChI is InChI=1S/C25H22N4O6S/c1-33-20-13-8-11-18(23(20)34-2)24-26-22(35-27-24)16-28-19-12-6-7-14-21(19)36(31,32)29(25(28)30)15-17-9-4-3-5-10-17/h3-14H,15-16H2,1-2H3. The molecule has 184 valence electrons. The number of para-hydroxylation sites is 2. The van der Waals surface area contributed by atoms with Crippen LogP contribution in [0.1, 0.15) is 11.5 Å². The summed E-state index contributed by atoms with van der Waals surface area (Å²) >= 11 is 0. The van der Waals surface area contributed by atoms with Crippen LogP contribution in [0.15, 0.2) is 82.2 Å². The molecule has 1 aliphatic rings. The third-order valence-electron chi connectivity index (χ3n) is 5.74. The van der Waals surface area contributed by atoms with Gasteiger partial charge in [0.25, 0.3) is 10.0 Å². The molecular weight excluding hydrogens is 484 g/mol. The van der Waals surface area contributed by atoms with Crippen molar-refractivity contribution in [3.63, 3.8) is 0 Å². The smallest absolute Gasteiger partial charge is 0.339 e. The van der Waals surface area contributed by atoms with Crippen molar-refractivity contribution in [3.05, 3.63) is 84.3 Å². The largest absolute Gasteiger partial charge is 0.493 e. The van der Waals surface area contributed by atoms with Crippen LogP contribution in [0.4, 0.5) is 10.5 Å². The van der Waals surface area contributed by atoms with E-state index in [-0.39, 0.29) is 35.4 Å². The van der Waals surface area contributed by atoms with Crippen LogP contribution < -0.4 is 14.4 Å². The Morgan fingerprint density at radius 1 is 0.889 bits per heavy atom. The average molecular weight is 507 g/mol. The number of nitrogens with zero attached hydrogens (tertiary/aromatic N) is 4. The molecule has 0 unspecified atom stereocenters. The number of urea groups is 1. The average Bonchev–Trinajstić information content (AvgIpc) is 3.38. The normalized spacial score (nSPS) is 14.4. The molecule has 0 spiro atoms. The molecule has 3 aromatic carbocycles. The van der Waals surface area contributed by atoms with E-state index < -0.39 is 16.1 Å². The molecule has 0 radical (unpaired) electrons. The first kappa shape index (κ1) is 23.4. The Balaban J connectivity index is 1.51. The number of benzene rings is 3. The molecule has 36 heavy (non-hydrogen) atoms. The highest BCUT2D eigenvalue weighted by Crippen LogP contribution is 2.38. The van der Waals surface area contributed by atoms with Gasteiger partial charge in [0.05, 0.1) is 32.0 Å². The summed E-state index contributed by atoms with van der Waals surface area (Å²) in [7, 11) is -1.03. The molecule has 0 aliphatic carbocycles. The Morgan fingerprint density at radius 3 is 2.39 bits per heavy atom. The molecule has 0 bridgehead atoms. The van der Waals surface area contributed by atoms with Crippen molar-refractivity contribution < 1.29 is 27.2 Å². The van der Waals surface area contributed by atoms with E-state index in [0.29, 0.717) is 22.6 Å². The molecule has 5 rings (SSSR count). The molecule has 1 aromatic heterocycles. The van der Waals surface area contributed by atoms with Crippen LogP contribution in [0, 0.1) is 0 Å². The number of hydrogen-bond donors (Lipinski definition) is 0. The number of fused-ring (bicyclic) bond motifs is 1. The fourth-order valence-electron chi connectivity index (χ4n) is 4.04. The minimum Gasteiger partial charge on any atom is -0.493 e. The van der Waals surface area contributed by atoms with Gasteiger partial charge in [-0.05, 0) is 29.8 Å². The van der Waals surface area contributed by atoms with Crippen molar-refractivity contribution in [1.29, 1.82) is 0 Å². The first-order valence-corrected chi connectivity index (χ1v) is 12.4. The maximum atomic E-state index is 13.5. The SMILES string of the molecule is COc1cccc(-c2noc(CN3C(=O)N(Cc4ccccc4)S(=O)(=O)c4ccccc43)n2)c1OC. The number of amides is 2. The Bertz CT molecular complexity index is 1520. The highest BCUT2D eigenvalue weighted by Gasteiger charge is 2.42. The summed E-state index contributed by atoms with van der Waals surface area (Å²) in [6, 6.07) is 19.8. The molecule has 0 saturated heterocycles. The van der Waals surface area contributed by atoms with Gasteiger partial charge in [-0.25, -0.2) is 17.5 Å². The van der Waals surface area contributed by atoms with Gasteiger partial charge in [0.15, 0.2) is 11.5 Å². The lowest BCUT2D eigenvalue weighted by Gasteiger charge is -2.35. The van der Waals surface area contributed by atoms with Crippen LogP contribution in [0.3, 0.4) is 0 Å². The van der Waals surface area contributed by atoms with Crippen LogP contribution in [0.5, 0.6) is 11.5 Å². The second-order valence-corrected chi connectivity index (χ2v) is 9.72. The maximum Gasteiger partial charge on any atom is 0.339 e. The van der Waals surface area contributed by atoms with Crippen LogP contribution in [-0.4, -0.2) is 43.1 Å². The molecule has 10 nitrogen and oxygen atoms in total. The minimum absolute atomic E-state index is 0.0229. The van der Waals surface area contributed by atoms with E-state index in [0.717, 1.165) is 4.31 Å². The zero-order valence-corrected chi connectivity index (χ0v) is 20.3. The third kappa shape index (κ3) is 4.03. The number of sulfonamides is 1. The minimum atomic E-state index is -4.06. The molecular formula is C25H22N4O6S. The Hall–Kier alpha value is -4.38. The van der Waals surface area contributed by atoms with E-state index in [4.69, 9.17) is 14.0 Å². The molecule has 4 aromatic rings. The second-order valence-electron chi connectivity index (χ2n) is 7.89. The molecule has 2 heterocycles. The topological polar surface area (TPSA) is 115 Å². The fourth-order valence-corrected chi connectivity index (χ4v) is 5.59. The summed E-state index contributed by atoms with van der Waals surface area (Å²) in [6.07, 6.45) is 0. The van der Waals surface area contributed by atoms with E-state index >= 15 is 0 Å². The first-order valence-electron chi connectivity index (χ1n) is 10.9. The highest BCUT2D eigenvalue weighted by molar-refractivity contribution is 7.90. The summed E-state index contributed by atoms with van der Waals surface area (Å²) in [5.41, 5.74) is 1.47. The number of carbonyl (C=O) groups is 1. The van der Waals surface area contributed by atoms with Crippen molar-refractivity contribution in [2.45, 2.75) is 18.0 Å². The van der Waals surface area contributed by atoms with Crippen molar-refractivity contribution in [1.82, 2.24) is 14.4 Å². The van der Waals surface area contributed by atoms with Crippen molar-refractivity contribution in [3.8, 4) is 22.9 Å². The number of methoxy groups -OCH3 is 2. The molecule has 2 amide bonds. The molecule has 1 aliphatic heterocycles. The number of aromatic nitrogens is 2. The number of carbonyl (C=O) groups excluding carboxylic acids is 1. The van der Waals surface area contributed by atoms with Gasteiger partial charge in [0.2, 0.25) is 11.7 Å². The van der Waals surface area contributed by atoms with Gasteiger partial charge in [-0.2, -0.15) is 4.98 Å². The van der Waals surface area contributed by atoms with E-state index in [1.54, 1.807) is 60.7 Å². The predicted molar refractivity (Wildman–Crippen MR) is 130 cm³/mol. The molecule has 0 N–H and O–H groups in total. The summed E-state index contributed by atoms with van der Waals surface area (Å²) in [5.74, 6) is 1.30. The van der Waals surface area contributed by atoms with Gasteiger partial charge in [0, 0.05) is 0 Å². The van der Waals surface area contributed by atoms with Gasteiger partial charge in [-0.15, -0.1) is 0 Å². The number of anilines is 1. The van der Waals surface area contributed by atoms with Gasteiger partial charge >= 0.3 is 6.03 Å². The van der Waals surface area contributed by atoms with Gasteiger partial charge in [0.1, 0.15) is 11.4 Å². The van der Waals surface area contributed by atoms with Crippen LogP contribution in [0.2, 0.25) is 0 Å². The van der Waals surface area contributed by atoms with Gasteiger partial charge in [-0.3, -0.25) is 4.90 Å². The van der Waals surface area contributed by atoms with E-state index in [2.05, 4.69) is 10.1 Å². The Kier molecular flexibility index (Phi) is 6.06. The number of ether oxygens (including phenoxy) is 2. The fraction of sp³-hybridized carbons (Fsp3) is 0.160. The summed E-state index contributed by atoms with van der Waals surface area (Å²) in [6.45, 7) is -0.237. The van der Waals surface area contributed by atoms with Crippen molar-refractivity contribution in [2.24, 2.45) is 0 Å². The van der Waals surface area contributed by atoms with Crippen LogP contribution in [0.25, 0.3) is 11.4 Å². The Labute approximate surface area is 207 Å².